The molecule has 1 saturated carbocycles. The molecule has 4 aromatic rings. The highest BCUT2D eigenvalue weighted by Gasteiger charge is 2.20. The molecule has 1 aromatic carbocycles. The highest BCUT2D eigenvalue weighted by molar-refractivity contribution is 5.62. The summed E-state index contributed by atoms with van der Waals surface area (Å²) >= 11 is 0. The van der Waals surface area contributed by atoms with Gasteiger partial charge in [0.15, 0.2) is 11.1 Å². The summed E-state index contributed by atoms with van der Waals surface area (Å²) in [6, 6.07) is 6.58. The fourth-order valence-corrected chi connectivity index (χ4v) is 4.20. The van der Waals surface area contributed by atoms with Crippen molar-refractivity contribution < 1.29 is 19.0 Å². The van der Waals surface area contributed by atoms with Crippen LogP contribution in [0.15, 0.2) is 40.2 Å². The van der Waals surface area contributed by atoms with Crippen molar-refractivity contribution in [3.63, 3.8) is 0 Å². The number of aromatic amines is 2. The summed E-state index contributed by atoms with van der Waals surface area (Å²) in [5.74, 6) is 0.0491. The van der Waals surface area contributed by atoms with Crippen molar-refractivity contribution in [1.82, 2.24) is 29.5 Å². The zero-order valence-corrected chi connectivity index (χ0v) is 20.5. The smallest absolute Gasteiger partial charge is 0.326 e. The number of nitrogens with zero attached hydrogens (tertiary/aromatic N) is 5. The first kappa shape index (κ1) is 24.1. The molecule has 1 saturated heterocycles. The van der Waals surface area contributed by atoms with Gasteiger partial charge >= 0.3 is 5.69 Å². The van der Waals surface area contributed by atoms with Gasteiger partial charge in [-0.3, -0.25) is 14.9 Å². The van der Waals surface area contributed by atoms with Crippen molar-refractivity contribution in [2.45, 2.75) is 18.9 Å². The number of aromatic hydroxyl groups is 1. The Morgan fingerprint density at radius 2 is 2.11 bits per heavy atom. The lowest BCUT2D eigenvalue weighted by atomic mass is 10.3. The first-order chi connectivity index (χ1) is 18.5. The van der Waals surface area contributed by atoms with Crippen LogP contribution in [0.3, 0.4) is 0 Å². The molecule has 0 radical (unpaired) electrons. The molecule has 6 rings (SSSR count). The Bertz CT molecular complexity index is 1640. The first-order valence-corrected chi connectivity index (χ1v) is 12.5. The van der Waals surface area contributed by atoms with Crippen LogP contribution in [0.25, 0.3) is 11.7 Å². The highest BCUT2D eigenvalue weighted by Crippen LogP contribution is 2.24. The molecule has 0 unspecified atom stereocenters. The van der Waals surface area contributed by atoms with Gasteiger partial charge in [0.25, 0.3) is 0 Å². The quantitative estimate of drug-likeness (QED) is 0.264. The van der Waals surface area contributed by atoms with E-state index in [1.54, 1.807) is 35.0 Å². The molecule has 1 aliphatic carbocycles. The lowest BCUT2D eigenvalue weighted by Crippen LogP contribution is -2.38. The number of fused-ring (bicyclic) bond motifs is 1. The van der Waals surface area contributed by atoms with Crippen LogP contribution in [0.5, 0.6) is 11.6 Å². The van der Waals surface area contributed by atoms with Crippen molar-refractivity contribution in [3.8, 4) is 11.6 Å². The molecule has 3 aromatic heterocycles. The third-order valence-corrected chi connectivity index (χ3v) is 6.36. The van der Waals surface area contributed by atoms with E-state index in [0.29, 0.717) is 34.5 Å². The number of morpholine rings is 1. The predicted octanol–water partition coefficient (Wildman–Crippen LogP) is 0.656. The van der Waals surface area contributed by atoms with Gasteiger partial charge in [-0.25, -0.2) is 14.2 Å². The minimum Gasteiger partial charge on any atom is -0.493 e. The van der Waals surface area contributed by atoms with Crippen LogP contribution in [-0.4, -0.2) is 80.1 Å². The zero-order chi connectivity index (χ0) is 26.1. The molecule has 198 valence electrons. The maximum absolute atomic E-state index is 15.0. The lowest BCUT2D eigenvalue weighted by Gasteiger charge is -2.26. The SMILES string of the molecule is O=c1[nH]c(O)c(C=c2cnn3c(=NC4CC4)cc(Nc4ccc(OCCN5CCOCC5)cc4F)nc23)[nH]1. The Labute approximate surface area is 215 Å². The molecule has 12 nitrogen and oxygen atoms in total. The van der Waals surface area contributed by atoms with Crippen LogP contribution in [0.1, 0.15) is 18.5 Å². The maximum atomic E-state index is 15.0. The largest absolute Gasteiger partial charge is 0.493 e. The monoisotopic (exact) mass is 522 g/mol. The molecule has 2 aliphatic rings. The standard InChI is InChI=1S/C25H27FN8O4/c26-18-12-17(38-10-7-33-5-8-37-9-6-33)3-4-19(18)29-21-13-22(28-16-1-2-16)34-23(31-21)15(14-27-34)11-20-24(35)32-25(36)30-20/h3-4,11-14,16,29,35H,1-2,5-10H2,(H2,30,32,36). The Morgan fingerprint density at radius 1 is 1.26 bits per heavy atom. The van der Waals surface area contributed by atoms with E-state index in [2.05, 4.69) is 30.3 Å². The number of ether oxygens (including phenoxy) is 2. The average molecular weight is 523 g/mol. The Hall–Kier alpha value is -4.23. The number of benzene rings is 1. The summed E-state index contributed by atoms with van der Waals surface area (Å²) in [4.78, 5) is 27.9. The molecule has 0 amide bonds. The summed E-state index contributed by atoms with van der Waals surface area (Å²) in [6.07, 6.45) is 5.10. The Balaban J connectivity index is 1.26. The third kappa shape index (κ3) is 5.38. The molecule has 0 atom stereocenters. The predicted molar refractivity (Wildman–Crippen MR) is 136 cm³/mol. The van der Waals surface area contributed by atoms with Crippen LogP contribution in [0.2, 0.25) is 0 Å². The van der Waals surface area contributed by atoms with Gasteiger partial charge in [0.2, 0.25) is 5.88 Å². The second-order valence-electron chi connectivity index (χ2n) is 9.25. The van der Waals surface area contributed by atoms with E-state index in [0.717, 1.165) is 45.7 Å². The topological polar surface area (TPSA) is 145 Å². The molecular formula is C25H27FN8O4. The van der Waals surface area contributed by atoms with E-state index in [1.165, 1.54) is 6.07 Å². The van der Waals surface area contributed by atoms with Crippen molar-refractivity contribution in [2.75, 3.05) is 44.8 Å². The van der Waals surface area contributed by atoms with E-state index >= 15 is 0 Å². The van der Waals surface area contributed by atoms with Crippen molar-refractivity contribution >= 4 is 23.2 Å². The number of anilines is 2. The van der Waals surface area contributed by atoms with Gasteiger partial charge in [0.1, 0.15) is 29.7 Å². The average Bonchev–Trinajstić information content (AvgIpc) is 3.54. The zero-order valence-electron chi connectivity index (χ0n) is 20.5. The molecule has 0 bridgehead atoms. The normalized spacial score (nSPS) is 17.4. The molecule has 0 spiro atoms. The first-order valence-electron chi connectivity index (χ1n) is 12.5. The molecule has 38 heavy (non-hydrogen) atoms. The molecule has 4 N–H and O–H groups in total. The van der Waals surface area contributed by atoms with Gasteiger partial charge in [0.05, 0.1) is 31.1 Å². The number of hydrogen-bond donors (Lipinski definition) is 4. The minimum atomic E-state index is -0.533. The molecular weight excluding hydrogens is 495 g/mol. The lowest BCUT2D eigenvalue weighted by molar-refractivity contribution is 0.0322. The van der Waals surface area contributed by atoms with E-state index < -0.39 is 11.5 Å². The summed E-state index contributed by atoms with van der Waals surface area (Å²) in [5, 5.41) is 17.9. The Morgan fingerprint density at radius 3 is 2.84 bits per heavy atom. The van der Waals surface area contributed by atoms with Gasteiger partial charge in [-0.05, 0) is 31.1 Å². The number of aromatic nitrogens is 5. The summed E-state index contributed by atoms with van der Waals surface area (Å²) in [6.45, 7) is 4.39. The second kappa shape index (κ2) is 10.3. The molecule has 1 aliphatic heterocycles. The number of H-pyrrole nitrogens is 2. The molecule has 2 fully saturated rings. The summed E-state index contributed by atoms with van der Waals surface area (Å²) in [7, 11) is 0. The van der Waals surface area contributed by atoms with Crippen molar-refractivity contribution in [3.05, 3.63) is 63.2 Å². The summed E-state index contributed by atoms with van der Waals surface area (Å²) < 4.78 is 27.7. The van der Waals surface area contributed by atoms with Gasteiger partial charge in [-0.1, -0.05) is 0 Å². The van der Waals surface area contributed by atoms with Gasteiger partial charge in [-0.2, -0.15) is 9.61 Å². The van der Waals surface area contributed by atoms with Gasteiger partial charge in [-0.15, -0.1) is 0 Å². The molecule has 4 heterocycles. The molecule has 13 heteroatoms. The maximum Gasteiger partial charge on any atom is 0.326 e. The van der Waals surface area contributed by atoms with Crippen molar-refractivity contribution in [1.29, 1.82) is 0 Å². The van der Waals surface area contributed by atoms with E-state index in [1.807, 2.05) is 0 Å². The number of rotatable bonds is 8. The highest BCUT2D eigenvalue weighted by atomic mass is 19.1. The van der Waals surface area contributed by atoms with Crippen LogP contribution >= 0.6 is 0 Å². The third-order valence-electron chi connectivity index (χ3n) is 6.36. The van der Waals surface area contributed by atoms with Crippen LogP contribution < -0.4 is 26.4 Å². The van der Waals surface area contributed by atoms with Gasteiger partial charge < -0.3 is 24.9 Å². The Kier molecular flexibility index (Phi) is 6.52. The fraction of sp³-hybridized carbons (Fsp3) is 0.360. The fourth-order valence-electron chi connectivity index (χ4n) is 4.20. The number of nitrogens with one attached hydrogen (secondary N) is 3. The van der Waals surface area contributed by atoms with E-state index in [-0.39, 0.29) is 23.3 Å². The van der Waals surface area contributed by atoms with E-state index in [4.69, 9.17) is 14.5 Å². The van der Waals surface area contributed by atoms with Gasteiger partial charge in [0, 0.05) is 37.0 Å². The van der Waals surface area contributed by atoms with Crippen LogP contribution in [-0.2, 0) is 4.74 Å². The van der Waals surface area contributed by atoms with Crippen LogP contribution in [0.4, 0.5) is 15.9 Å². The van der Waals surface area contributed by atoms with Crippen LogP contribution in [0, 0.1) is 5.82 Å². The number of halogens is 1. The summed E-state index contributed by atoms with van der Waals surface area (Å²) in [5.41, 5.74) is 0.890. The van der Waals surface area contributed by atoms with E-state index in [9.17, 15) is 14.3 Å². The second-order valence-corrected chi connectivity index (χ2v) is 9.25. The van der Waals surface area contributed by atoms with Crippen molar-refractivity contribution in [2.24, 2.45) is 4.99 Å². The number of hydrogen-bond acceptors (Lipinski definition) is 9. The number of imidazole rings is 1. The minimum absolute atomic E-state index is 0.195.